The minimum absolute atomic E-state index is 0.0162. The minimum atomic E-state index is -1.60. The molecule has 5 heteroatoms. The molecule has 0 amide bonds. The standard InChI is InChI=1S/C4H5BO4/c6-5(7)4-2-1-3-8-9-4/h1-3,6-7H. The summed E-state index contributed by atoms with van der Waals surface area (Å²) >= 11 is 0. The van der Waals surface area contributed by atoms with E-state index in [0.717, 1.165) is 0 Å². The van der Waals surface area contributed by atoms with E-state index in [1.54, 1.807) is 0 Å². The van der Waals surface area contributed by atoms with Crippen LogP contribution in [0.4, 0.5) is 0 Å². The maximum atomic E-state index is 8.43. The van der Waals surface area contributed by atoms with Gasteiger partial charge in [0, 0.05) is 0 Å². The highest BCUT2D eigenvalue weighted by Crippen LogP contribution is 2.04. The lowest BCUT2D eigenvalue weighted by atomic mass is 9.88. The maximum Gasteiger partial charge on any atom is 0.531 e. The topological polar surface area (TPSA) is 58.9 Å². The molecule has 0 aromatic heterocycles. The van der Waals surface area contributed by atoms with Crippen molar-refractivity contribution in [1.82, 2.24) is 0 Å². The summed E-state index contributed by atoms with van der Waals surface area (Å²) in [6, 6.07) is 0. The molecule has 1 aliphatic heterocycles. The first-order valence-electron chi connectivity index (χ1n) is 2.37. The molecule has 2 N–H and O–H groups in total. The van der Waals surface area contributed by atoms with E-state index < -0.39 is 7.12 Å². The fourth-order valence-corrected chi connectivity index (χ4v) is 0.406. The molecule has 48 valence electrons. The zero-order valence-corrected chi connectivity index (χ0v) is 4.52. The summed E-state index contributed by atoms with van der Waals surface area (Å²) in [6.45, 7) is 0. The highest BCUT2D eigenvalue weighted by Gasteiger charge is 2.18. The van der Waals surface area contributed by atoms with Crippen molar-refractivity contribution >= 4 is 7.12 Å². The summed E-state index contributed by atoms with van der Waals surface area (Å²) in [5, 5.41) is 16.9. The summed E-state index contributed by atoms with van der Waals surface area (Å²) in [5.74, 6) is 0. The predicted octanol–water partition coefficient (Wildman–Crippen LogP) is -0.642. The van der Waals surface area contributed by atoms with Crippen molar-refractivity contribution in [1.29, 1.82) is 0 Å². The van der Waals surface area contributed by atoms with Gasteiger partial charge in [0.15, 0.2) is 5.66 Å². The van der Waals surface area contributed by atoms with Crippen molar-refractivity contribution in [2.75, 3.05) is 0 Å². The van der Waals surface area contributed by atoms with Gasteiger partial charge in [-0.25, -0.2) is 0 Å². The summed E-state index contributed by atoms with van der Waals surface area (Å²) in [5.41, 5.74) is -0.0162. The summed E-state index contributed by atoms with van der Waals surface area (Å²) in [4.78, 5) is 8.59. The molecule has 0 saturated heterocycles. The van der Waals surface area contributed by atoms with Gasteiger partial charge in [-0.1, -0.05) is 0 Å². The van der Waals surface area contributed by atoms with E-state index >= 15 is 0 Å². The molecule has 0 atom stereocenters. The molecule has 0 aliphatic carbocycles. The van der Waals surface area contributed by atoms with Crippen LogP contribution in [0.2, 0.25) is 0 Å². The number of rotatable bonds is 1. The first kappa shape index (κ1) is 6.19. The lowest BCUT2D eigenvalue weighted by molar-refractivity contribution is -0.208. The zero-order chi connectivity index (χ0) is 6.69. The van der Waals surface area contributed by atoms with E-state index in [1.165, 1.54) is 18.4 Å². The van der Waals surface area contributed by atoms with Crippen LogP contribution < -0.4 is 0 Å². The van der Waals surface area contributed by atoms with Gasteiger partial charge in [-0.15, -0.1) is 0 Å². The molecular formula is C4H5BO4. The Kier molecular flexibility index (Phi) is 1.76. The van der Waals surface area contributed by atoms with Gasteiger partial charge in [-0.2, -0.15) is 0 Å². The fraction of sp³-hybridized carbons (Fsp3) is 0. The molecule has 0 spiro atoms. The molecule has 0 aromatic rings. The predicted molar refractivity (Wildman–Crippen MR) is 29.6 cm³/mol. The smallest absolute Gasteiger partial charge is 0.421 e. The summed E-state index contributed by atoms with van der Waals surface area (Å²) in [6.07, 6.45) is 4.18. The SMILES string of the molecule is OB(O)C1=CC=COO1. The van der Waals surface area contributed by atoms with Crippen LogP contribution in [0.1, 0.15) is 0 Å². The summed E-state index contributed by atoms with van der Waals surface area (Å²) < 4.78 is 0. The van der Waals surface area contributed by atoms with Gasteiger partial charge in [0.05, 0.1) is 0 Å². The molecule has 1 aliphatic rings. The van der Waals surface area contributed by atoms with Crippen LogP contribution in [0.15, 0.2) is 24.1 Å². The molecule has 0 aromatic carbocycles. The lowest BCUT2D eigenvalue weighted by Crippen LogP contribution is -2.18. The van der Waals surface area contributed by atoms with Crippen LogP contribution >= 0.6 is 0 Å². The van der Waals surface area contributed by atoms with Gasteiger partial charge in [0.1, 0.15) is 6.26 Å². The average molecular weight is 128 g/mol. The van der Waals surface area contributed by atoms with Crippen LogP contribution in [-0.4, -0.2) is 17.2 Å². The number of allylic oxidation sites excluding steroid dienone is 2. The van der Waals surface area contributed by atoms with Gasteiger partial charge in [0.25, 0.3) is 0 Å². The Balaban J connectivity index is 2.57. The quantitative estimate of drug-likeness (QED) is 0.364. The Morgan fingerprint density at radius 3 is 2.56 bits per heavy atom. The molecule has 0 fully saturated rings. The Hall–Kier alpha value is -0.935. The molecular weight excluding hydrogens is 123 g/mol. The van der Waals surface area contributed by atoms with Crippen LogP contribution in [-0.2, 0) is 9.78 Å². The second kappa shape index (κ2) is 2.57. The van der Waals surface area contributed by atoms with E-state index in [2.05, 4.69) is 9.78 Å². The van der Waals surface area contributed by atoms with E-state index in [-0.39, 0.29) is 5.66 Å². The van der Waals surface area contributed by atoms with E-state index in [1.807, 2.05) is 0 Å². The van der Waals surface area contributed by atoms with E-state index in [0.29, 0.717) is 0 Å². The van der Waals surface area contributed by atoms with E-state index in [9.17, 15) is 0 Å². The first-order chi connectivity index (χ1) is 4.30. The van der Waals surface area contributed by atoms with Crippen molar-refractivity contribution in [2.45, 2.75) is 0 Å². The molecule has 0 bridgehead atoms. The van der Waals surface area contributed by atoms with Crippen LogP contribution in [0.3, 0.4) is 0 Å². The van der Waals surface area contributed by atoms with Crippen molar-refractivity contribution in [3.05, 3.63) is 24.1 Å². The number of hydrogen-bond donors (Lipinski definition) is 2. The van der Waals surface area contributed by atoms with Crippen LogP contribution in [0.5, 0.6) is 0 Å². The fourth-order valence-electron chi connectivity index (χ4n) is 0.406. The first-order valence-corrected chi connectivity index (χ1v) is 2.37. The van der Waals surface area contributed by atoms with E-state index in [4.69, 9.17) is 10.0 Å². The highest BCUT2D eigenvalue weighted by molar-refractivity contribution is 6.49. The van der Waals surface area contributed by atoms with Crippen molar-refractivity contribution in [3.8, 4) is 0 Å². The Morgan fingerprint density at radius 2 is 2.22 bits per heavy atom. The summed E-state index contributed by atoms with van der Waals surface area (Å²) in [7, 11) is -1.60. The third kappa shape index (κ3) is 1.48. The van der Waals surface area contributed by atoms with Gasteiger partial charge in [0.2, 0.25) is 0 Å². The Bertz CT molecular complexity index is 151. The molecule has 1 rings (SSSR count). The zero-order valence-electron chi connectivity index (χ0n) is 4.52. The Labute approximate surface area is 52.1 Å². The third-order valence-electron chi connectivity index (χ3n) is 0.793. The van der Waals surface area contributed by atoms with Crippen LogP contribution in [0.25, 0.3) is 0 Å². The van der Waals surface area contributed by atoms with Gasteiger partial charge < -0.3 is 10.0 Å². The molecule has 4 nitrogen and oxygen atoms in total. The van der Waals surface area contributed by atoms with Crippen LogP contribution in [0, 0.1) is 0 Å². The van der Waals surface area contributed by atoms with Crippen molar-refractivity contribution in [2.24, 2.45) is 0 Å². The Morgan fingerprint density at radius 1 is 1.44 bits per heavy atom. The maximum absolute atomic E-state index is 8.43. The molecule has 0 radical (unpaired) electrons. The molecule has 0 saturated carbocycles. The second-order valence-corrected chi connectivity index (χ2v) is 1.45. The van der Waals surface area contributed by atoms with Crippen molar-refractivity contribution < 1.29 is 19.8 Å². The average Bonchev–Trinajstić information content (AvgIpc) is 1.90. The minimum Gasteiger partial charge on any atom is -0.421 e. The normalized spacial score (nSPS) is 15.6. The van der Waals surface area contributed by atoms with Crippen molar-refractivity contribution in [3.63, 3.8) is 0 Å². The molecule has 0 unspecified atom stereocenters. The molecule has 9 heavy (non-hydrogen) atoms. The second-order valence-electron chi connectivity index (χ2n) is 1.45. The van der Waals surface area contributed by atoms with Gasteiger partial charge in [-0.05, 0) is 12.2 Å². The number of hydrogen-bond acceptors (Lipinski definition) is 4. The van der Waals surface area contributed by atoms with Gasteiger partial charge >= 0.3 is 7.12 Å². The molecule has 1 heterocycles. The van der Waals surface area contributed by atoms with Gasteiger partial charge in [-0.3, -0.25) is 9.78 Å². The largest absolute Gasteiger partial charge is 0.531 e. The lowest BCUT2D eigenvalue weighted by Gasteiger charge is -2.06. The highest BCUT2D eigenvalue weighted by atomic mass is 17.2. The monoisotopic (exact) mass is 128 g/mol. The third-order valence-corrected chi connectivity index (χ3v) is 0.793.